The van der Waals surface area contributed by atoms with E-state index in [1.54, 1.807) is 30.3 Å². The summed E-state index contributed by atoms with van der Waals surface area (Å²) in [5.74, 6) is -1.66. The van der Waals surface area contributed by atoms with Crippen LogP contribution in [0.4, 0.5) is 4.39 Å². The van der Waals surface area contributed by atoms with E-state index in [0.717, 1.165) is 0 Å². The van der Waals surface area contributed by atoms with Gasteiger partial charge in [0.1, 0.15) is 11.9 Å². The highest BCUT2D eigenvalue weighted by Crippen LogP contribution is 2.12. The van der Waals surface area contributed by atoms with Crippen molar-refractivity contribution in [1.29, 1.82) is 0 Å². The van der Waals surface area contributed by atoms with Crippen LogP contribution in [0.15, 0.2) is 48.5 Å². The summed E-state index contributed by atoms with van der Waals surface area (Å²) in [6.45, 7) is 0. The van der Waals surface area contributed by atoms with Crippen LogP contribution in [0.25, 0.3) is 0 Å². The topological polar surface area (TPSA) is 72.2 Å². The molecule has 2 rings (SSSR count). The molecule has 0 aliphatic carbocycles. The molecule has 22 heavy (non-hydrogen) atoms. The highest BCUT2D eigenvalue weighted by Gasteiger charge is 2.20. The fourth-order valence-corrected chi connectivity index (χ4v) is 2.08. The molecule has 2 aromatic rings. The molecule has 0 aliphatic heterocycles. The molecule has 0 aliphatic rings. The van der Waals surface area contributed by atoms with Gasteiger partial charge in [-0.05, 0) is 35.9 Å². The Morgan fingerprint density at radius 1 is 1.14 bits per heavy atom. The average molecular weight is 321 g/mol. The van der Waals surface area contributed by atoms with Gasteiger partial charge in [-0.25, -0.2) is 4.39 Å². The molecule has 4 nitrogen and oxygen atoms in total. The fourth-order valence-electron chi connectivity index (χ4n) is 1.95. The average Bonchev–Trinajstić information content (AvgIpc) is 2.49. The van der Waals surface area contributed by atoms with Gasteiger partial charge in [0.2, 0.25) is 5.91 Å². The maximum Gasteiger partial charge on any atom is 0.251 e. The zero-order chi connectivity index (χ0) is 16.1. The molecule has 2 aromatic carbocycles. The summed E-state index contributed by atoms with van der Waals surface area (Å²) >= 11 is 5.75. The summed E-state index contributed by atoms with van der Waals surface area (Å²) in [6.07, 6.45) is -0.0126. The lowest BCUT2D eigenvalue weighted by molar-refractivity contribution is -0.119. The molecule has 0 fully saturated rings. The van der Waals surface area contributed by atoms with Crippen LogP contribution in [0.3, 0.4) is 0 Å². The Hall–Kier alpha value is -2.40. The molecule has 0 saturated heterocycles. The summed E-state index contributed by atoms with van der Waals surface area (Å²) in [6, 6.07) is 11.2. The molecule has 1 atom stereocenters. The predicted molar refractivity (Wildman–Crippen MR) is 82.0 cm³/mol. The van der Waals surface area contributed by atoms with Crippen LogP contribution < -0.4 is 11.1 Å². The summed E-state index contributed by atoms with van der Waals surface area (Å²) < 4.78 is 13.6. The van der Waals surface area contributed by atoms with Gasteiger partial charge < -0.3 is 11.1 Å². The maximum absolute atomic E-state index is 13.6. The molecule has 0 spiro atoms. The minimum absolute atomic E-state index is 0.0126. The molecule has 3 N–H and O–H groups in total. The van der Waals surface area contributed by atoms with E-state index >= 15 is 0 Å². The van der Waals surface area contributed by atoms with Gasteiger partial charge >= 0.3 is 0 Å². The van der Waals surface area contributed by atoms with Crippen molar-refractivity contribution in [3.8, 4) is 0 Å². The zero-order valence-electron chi connectivity index (χ0n) is 11.6. The predicted octanol–water partition coefficient (Wildman–Crippen LogP) is 2.31. The minimum atomic E-state index is -1.000. The number of hydrogen-bond donors (Lipinski definition) is 2. The maximum atomic E-state index is 13.6. The Labute approximate surface area is 132 Å². The highest BCUT2D eigenvalue weighted by molar-refractivity contribution is 6.30. The van der Waals surface area contributed by atoms with Crippen molar-refractivity contribution in [2.75, 3.05) is 0 Å². The number of rotatable bonds is 5. The van der Waals surface area contributed by atoms with Crippen molar-refractivity contribution in [2.45, 2.75) is 12.5 Å². The van der Waals surface area contributed by atoms with E-state index in [-0.39, 0.29) is 6.42 Å². The number of benzene rings is 2. The van der Waals surface area contributed by atoms with Crippen LogP contribution in [0.1, 0.15) is 15.9 Å². The van der Waals surface area contributed by atoms with E-state index < -0.39 is 23.7 Å². The first-order valence-electron chi connectivity index (χ1n) is 6.56. The van der Waals surface area contributed by atoms with Gasteiger partial charge in [0.15, 0.2) is 0 Å². The molecule has 2 amide bonds. The van der Waals surface area contributed by atoms with Crippen molar-refractivity contribution >= 4 is 23.4 Å². The zero-order valence-corrected chi connectivity index (χ0v) is 12.3. The lowest BCUT2D eigenvalue weighted by Crippen LogP contribution is -2.46. The van der Waals surface area contributed by atoms with Gasteiger partial charge in [-0.1, -0.05) is 29.8 Å². The second kappa shape index (κ2) is 7.04. The van der Waals surface area contributed by atoms with Crippen molar-refractivity contribution in [1.82, 2.24) is 5.32 Å². The number of amides is 2. The molecular weight excluding hydrogens is 307 g/mol. The van der Waals surface area contributed by atoms with Crippen molar-refractivity contribution < 1.29 is 14.0 Å². The Balaban J connectivity index is 2.12. The third kappa shape index (κ3) is 4.05. The first-order valence-corrected chi connectivity index (χ1v) is 6.94. The molecule has 0 aromatic heterocycles. The number of carbonyl (C=O) groups is 2. The van der Waals surface area contributed by atoms with E-state index in [0.29, 0.717) is 16.1 Å². The third-order valence-corrected chi connectivity index (χ3v) is 3.39. The number of carbonyl (C=O) groups excluding carboxylic acids is 2. The van der Waals surface area contributed by atoms with Crippen LogP contribution in [-0.2, 0) is 11.2 Å². The van der Waals surface area contributed by atoms with E-state index in [1.807, 2.05) is 0 Å². The van der Waals surface area contributed by atoms with Crippen LogP contribution in [0, 0.1) is 5.82 Å². The number of nitrogens with two attached hydrogens (primary N) is 1. The van der Waals surface area contributed by atoms with Crippen molar-refractivity contribution in [3.05, 3.63) is 70.5 Å². The van der Waals surface area contributed by atoms with Gasteiger partial charge in [-0.3, -0.25) is 9.59 Å². The normalized spacial score (nSPS) is 11.7. The molecule has 0 heterocycles. The lowest BCUT2D eigenvalue weighted by atomic mass is 10.0. The highest BCUT2D eigenvalue weighted by atomic mass is 35.5. The number of primary amides is 1. The first kappa shape index (κ1) is 16.0. The number of nitrogens with one attached hydrogen (secondary N) is 1. The molecule has 6 heteroatoms. The second-order valence-electron chi connectivity index (χ2n) is 4.73. The van der Waals surface area contributed by atoms with E-state index in [9.17, 15) is 14.0 Å². The van der Waals surface area contributed by atoms with E-state index in [2.05, 4.69) is 5.32 Å². The van der Waals surface area contributed by atoms with Gasteiger partial charge in [-0.15, -0.1) is 0 Å². The van der Waals surface area contributed by atoms with Crippen LogP contribution in [0.2, 0.25) is 5.02 Å². The Morgan fingerprint density at radius 2 is 1.77 bits per heavy atom. The van der Waals surface area contributed by atoms with Gasteiger partial charge in [0.25, 0.3) is 5.91 Å². The summed E-state index contributed by atoms with van der Waals surface area (Å²) in [4.78, 5) is 23.6. The first-order chi connectivity index (χ1) is 10.5. The van der Waals surface area contributed by atoms with Gasteiger partial charge in [0.05, 0.1) is 0 Å². The standard InChI is InChI=1S/C16H14ClFN2O2/c17-12-7-5-10(6-8-12)16(22)20-14(15(19)21)9-11-3-1-2-4-13(11)18/h1-8,14H,9H2,(H2,19,21)(H,20,22)/t14-/m1/s1. The largest absolute Gasteiger partial charge is 0.368 e. The Bertz CT molecular complexity index is 689. The second-order valence-corrected chi connectivity index (χ2v) is 5.17. The summed E-state index contributed by atoms with van der Waals surface area (Å²) in [7, 11) is 0. The van der Waals surface area contributed by atoms with Crippen molar-refractivity contribution in [3.63, 3.8) is 0 Å². The Kier molecular flexibility index (Phi) is 5.12. The van der Waals surface area contributed by atoms with Gasteiger partial charge in [-0.2, -0.15) is 0 Å². The molecular formula is C16H14ClFN2O2. The monoisotopic (exact) mass is 320 g/mol. The molecule has 0 unspecified atom stereocenters. The number of halogens is 2. The quantitative estimate of drug-likeness (QED) is 0.887. The summed E-state index contributed by atoms with van der Waals surface area (Å²) in [5, 5.41) is 3.00. The fraction of sp³-hybridized carbons (Fsp3) is 0.125. The molecule has 0 radical (unpaired) electrons. The molecule has 114 valence electrons. The third-order valence-electron chi connectivity index (χ3n) is 3.14. The van der Waals surface area contributed by atoms with Crippen LogP contribution >= 0.6 is 11.6 Å². The Morgan fingerprint density at radius 3 is 2.36 bits per heavy atom. The van der Waals surface area contributed by atoms with Crippen molar-refractivity contribution in [2.24, 2.45) is 5.73 Å². The van der Waals surface area contributed by atoms with Crippen LogP contribution in [0.5, 0.6) is 0 Å². The summed E-state index contributed by atoms with van der Waals surface area (Å²) in [5.41, 5.74) is 5.93. The lowest BCUT2D eigenvalue weighted by Gasteiger charge is -2.16. The number of hydrogen-bond acceptors (Lipinski definition) is 2. The minimum Gasteiger partial charge on any atom is -0.368 e. The van der Waals surface area contributed by atoms with Gasteiger partial charge in [0, 0.05) is 17.0 Å². The molecule has 0 saturated carbocycles. The van der Waals surface area contributed by atoms with E-state index in [1.165, 1.54) is 18.2 Å². The smallest absolute Gasteiger partial charge is 0.251 e. The van der Waals surface area contributed by atoms with E-state index in [4.69, 9.17) is 17.3 Å². The SMILES string of the molecule is NC(=O)[C@@H](Cc1ccccc1F)NC(=O)c1ccc(Cl)cc1. The molecule has 0 bridgehead atoms. The van der Waals surface area contributed by atoms with Crippen LogP contribution in [-0.4, -0.2) is 17.9 Å².